The number of carbonyl (C=O) groups is 2. The molecule has 4 aromatic rings. The van der Waals surface area contributed by atoms with Crippen molar-refractivity contribution >= 4 is 44.1 Å². The second-order valence-electron chi connectivity index (χ2n) is 8.51. The normalized spacial score (nSPS) is 16.9. The van der Waals surface area contributed by atoms with Crippen LogP contribution < -0.4 is 14.4 Å². The second kappa shape index (κ2) is 10.4. The number of thiazole rings is 1. The van der Waals surface area contributed by atoms with Crippen molar-refractivity contribution in [3.05, 3.63) is 83.7 Å². The van der Waals surface area contributed by atoms with E-state index in [4.69, 9.17) is 9.47 Å². The van der Waals surface area contributed by atoms with Gasteiger partial charge in [-0.1, -0.05) is 36.8 Å². The van der Waals surface area contributed by atoms with Crippen molar-refractivity contribution in [2.75, 3.05) is 18.6 Å². The number of pyridine rings is 1. The first-order chi connectivity index (χ1) is 18.0. The van der Waals surface area contributed by atoms with Crippen LogP contribution in [0.5, 0.6) is 11.5 Å². The van der Waals surface area contributed by atoms with Gasteiger partial charge in [-0.25, -0.2) is 4.98 Å². The van der Waals surface area contributed by atoms with Gasteiger partial charge in [-0.3, -0.25) is 19.5 Å². The lowest BCUT2D eigenvalue weighted by atomic mass is 9.95. The number of rotatable bonds is 8. The largest absolute Gasteiger partial charge is 0.507 e. The van der Waals surface area contributed by atoms with E-state index in [1.165, 1.54) is 28.6 Å². The van der Waals surface area contributed by atoms with E-state index >= 15 is 0 Å². The average Bonchev–Trinajstić information content (AvgIpc) is 3.46. The summed E-state index contributed by atoms with van der Waals surface area (Å²) in [6.45, 7) is 2.70. The Balaban J connectivity index is 1.63. The number of methoxy groups -OCH3 is 1. The lowest BCUT2D eigenvalue weighted by molar-refractivity contribution is -0.132. The second-order valence-corrected chi connectivity index (χ2v) is 9.52. The number of aliphatic hydroxyl groups excluding tert-OH is 1. The zero-order chi connectivity index (χ0) is 25.9. The molecular weight excluding hydrogens is 490 g/mol. The molecule has 5 rings (SSSR count). The van der Waals surface area contributed by atoms with Crippen LogP contribution in [0.2, 0.25) is 0 Å². The van der Waals surface area contributed by atoms with Gasteiger partial charge in [0.15, 0.2) is 5.13 Å². The molecule has 1 amide bonds. The van der Waals surface area contributed by atoms with Crippen molar-refractivity contribution in [1.29, 1.82) is 0 Å². The van der Waals surface area contributed by atoms with E-state index in [1.54, 1.807) is 55.6 Å². The van der Waals surface area contributed by atoms with Crippen molar-refractivity contribution < 1.29 is 24.2 Å². The minimum Gasteiger partial charge on any atom is -0.507 e. The number of anilines is 1. The lowest BCUT2D eigenvalue weighted by Crippen LogP contribution is -2.29. The van der Waals surface area contributed by atoms with Gasteiger partial charge in [-0.05, 0) is 54.4 Å². The van der Waals surface area contributed by atoms with Gasteiger partial charge in [0.05, 0.1) is 35.5 Å². The molecule has 1 N–H and O–H groups in total. The summed E-state index contributed by atoms with van der Waals surface area (Å²) in [5.41, 5.74) is 1.71. The van der Waals surface area contributed by atoms with E-state index in [0.29, 0.717) is 39.9 Å². The third-order valence-electron chi connectivity index (χ3n) is 6.15. The molecule has 0 radical (unpaired) electrons. The van der Waals surface area contributed by atoms with E-state index in [-0.39, 0.29) is 11.3 Å². The molecule has 2 aromatic heterocycles. The summed E-state index contributed by atoms with van der Waals surface area (Å²) in [7, 11) is 1.58. The van der Waals surface area contributed by atoms with E-state index in [2.05, 4.69) is 16.9 Å². The summed E-state index contributed by atoms with van der Waals surface area (Å²) in [6, 6.07) is 15.0. The van der Waals surface area contributed by atoms with Crippen molar-refractivity contribution in [1.82, 2.24) is 9.97 Å². The van der Waals surface area contributed by atoms with Gasteiger partial charge in [0.1, 0.15) is 17.3 Å². The smallest absolute Gasteiger partial charge is 0.301 e. The Labute approximate surface area is 217 Å². The molecule has 1 aliphatic rings. The Hall–Kier alpha value is -4.24. The van der Waals surface area contributed by atoms with Crippen LogP contribution >= 0.6 is 11.3 Å². The molecule has 1 fully saturated rings. The highest BCUT2D eigenvalue weighted by Gasteiger charge is 2.48. The number of ketones is 1. The Morgan fingerprint density at radius 1 is 1.05 bits per heavy atom. The van der Waals surface area contributed by atoms with Crippen molar-refractivity contribution in [3.63, 3.8) is 0 Å². The molecule has 0 saturated carbocycles. The summed E-state index contributed by atoms with van der Waals surface area (Å²) in [5, 5.41) is 11.6. The van der Waals surface area contributed by atoms with E-state index < -0.39 is 17.7 Å². The number of aliphatic hydroxyl groups is 1. The highest BCUT2D eigenvalue weighted by Crippen LogP contribution is 2.44. The Kier molecular flexibility index (Phi) is 6.87. The van der Waals surface area contributed by atoms with Crippen LogP contribution in [-0.2, 0) is 9.59 Å². The number of hydrogen-bond donors (Lipinski definition) is 1. The first-order valence-corrected chi connectivity index (χ1v) is 12.7. The standard InChI is InChI=1S/C28H25N3O5S/c1-3-4-15-36-19-7-5-17(6-8-19)24-23(25(32)18-11-13-29-14-12-18)26(33)27(34)31(24)28-30-21-10-9-20(35-2)16-22(21)37-28/h5-14,16,24,32H,3-4,15H2,1-2H3/b25-23+. The van der Waals surface area contributed by atoms with E-state index in [9.17, 15) is 14.7 Å². The number of carbonyl (C=O) groups excluding carboxylic acids is 2. The summed E-state index contributed by atoms with van der Waals surface area (Å²) >= 11 is 1.28. The van der Waals surface area contributed by atoms with Crippen LogP contribution in [0.3, 0.4) is 0 Å². The van der Waals surface area contributed by atoms with E-state index in [0.717, 1.165) is 17.5 Å². The molecule has 37 heavy (non-hydrogen) atoms. The number of fused-ring (bicyclic) bond motifs is 1. The van der Waals surface area contributed by atoms with Crippen molar-refractivity contribution in [2.24, 2.45) is 0 Å². The number of benzene rings is 2. The minimum atomic E-state index is -0.875. The molecule has 2 aromatic carbocycles. The average molecular weight is 516 g/mol. The molecule has 1 saturated heterocycles. The molecule has 9 heteroatoms. The molecule has 0 spiro atoms. The molecule has 1 unspecified atom stereocenters. The van der Waals surface area contributed by atoms with Gasteiger partial charge < -0.3 is 14.6 Å². The predicted molar refractivity (Wildman–Crippen MR) is 142 cm³/mol. The number of amides is 1. The fourth-order valence-electron chi connectivity index (χ4n) is 4.21. The van der Waals surface area contributed by atoms with Crippen molar-refractivity contribution in [2.45, 2.75) is 25.8 Å². The van der Waals surface area contributed by atoms with Crippen LogP contribution in [0.25, 0.3) is 16.0 Å². The van der Waals surface area contributed by atoms with Gasteiger partial charge >= 0.3 is 5.91 Å². The highest BCUT2D eigenvalue weighted by atomic mass is 32.1. The monoisotopic (exact) mass is 515 g/mol. The van der Waals surface area contributed by atoms with Gasteiger partial charge in [0.2, 0.25) is 0 Å². The Bertz CT molecular complexity index is 1480. The molecule has 8 nitrogen and oxygen atoms in total. The topological polar surface area (TPSA) is 102 Å². The lowest BCUT2D eigenvalue weighted by Gasteiger charge is -2.23. The summed E-state index contributed by atoms with van der Waals surface area (Å²) in [4.78, 5) is 36.7. The Morgan fingerprint density at radius 2 is 1.78 bits per heavy atom. The number of ether oxygens (including phenoxy) is 2. The number of hydrogen-bond acceptors (Lipinski definition) is 8. The number of nitrogens with zero attached hydrogens (tertiary/aromatic N) is 3. The van der Waals surface area contributed by atoms with Gasteiger partial charge in [-0.15, -0.1) is 0 Å². The van der Waals surface area contributed by atoms with Gasteiger partial charge in [-0.2, -0.15) is 0 Å². The van der Waals surface area contributed by atoms with Crippen LogP contribution in [-0.4, -0.2) is 40.5 Å². The maximum absolute atomic E-state index is 13.4. The highest BCUT2D eigenvalue weighted by molar-refractivity contribution is 7.22. The van der Waals surface area contributed by atoms with Crippen LogP contribution in [0.1, 0.15) is 36.9 Å². The third kappa shape index (κ3) is 4.65. The van der Waals surface area contributed by atoms with Crippen LogP contribution in [0.4, 0.5) is 5.13 Å². The van der Waals surface area contributed by atoms with Crippen LogP contribution in [0.15, 0.2) is 72.6 Å². The van der Waals surface area contributed by atoms with Crippen LogP contribution in [0, 0.1) is 0 Å². The molecule has 0 bridgehead atoms. The number of Topliss-reactive ketones (excluding diaryl/α,β-unsaturated/α-hetero) is 1. The molecule has 3 heterocycles. The number of aromatic nitrogens is 2. The zero-order valence-electron chi connectivity index (χ0n) is 20.4. The maximum Gasteiger partial charge on any atom is 0.301 e. The zero-order valence-corrected chi connectivity index (χ0v) is 21.2. The minimum absolute atomic E-state index is 0.00677. The number of unbranched alkanes of at least 4 members (excludes halogenated alkanes) is 1. The third-order valence-corrected chi connectivity index (χ3v) is 7.17. The van der Waals surface area contributed by atoms with Gasteiger partial charge in [0, 0.05) is 18.0 Å². The van der Waals surface area contributed by atoms with Crippen molar-refractivity contribution in [3.8, 4) is 11.5 Å². The summed E-state index contributed by atoms with van der Waals surface area (Å²) in [6.07, 6.45) is 5.00. The maximum atomic E-state index is 13.4. The summed E-state index contributed by atoms with van der Waals surface area (Å²) in [5.74, 6) is -0.443. The summed E-state index contributed by atoms with van der Waals surface area (Å²) < 4.78 is 11.9. The quantitative estimate of drug-likeness (QED) is 0.143. The fraction of sp³-hybridized carbons (Fsp3) is 0.214. The molecule has 0 aliphatic carbocycles. The molecular formula is C28H25N3O5S. The van der Waals surface area contributed by atoms with E-state index in [1.807, 2.05) is 6.07 Å². The predicted octanol–water partition coefficient (Wildman–Crippen LogP) is 5.51. The fourth-order valence-corrected chi connectivity index (χ4v) is 5.23. The first-order valence-electron chi connectivity index (χ1n) is 11.9. The van der Waals surface area contributed by atoms with Gasteiger partial charge in [0.25, 0.3) is 5.78 Å². The molecule has 1 atom stereocenters. The Morgan fingerprint density at radius 3 is 2.49 bits per heavy atom. The molecule has 188 valence electrons. The SMILES string of the molecule is CCCCOc1ccc(C2/C(=C(\O)c3ccncc3)C(=O)C(=O)N2c2nc3ccc(OC)cc3s2)cc1. The first kappa shape index (κ1) is 24.5. The molecule has 1 aliphatic heterocycles.